The molecule has 0 saturated heterocycles. The predicted molar refractivity (Wildman–Crippen MR) is 67.9 cm³/mol. The first-order valence-corrected chi connectivity index (χ1v) is 5.55. The molecule has 3 N–H and O–H groups in total. The number of benzene rings is 2. The van der Waals surface area contributed by atoms with Crippen LogP contribution in [0, 0.1) is 6.92 Å². The summed E-state index contributed by atoms with van der Waals surface area (Å²) in [6, 6.07) is 11.5. The summed E-state index contributed by atoms with van der Waals surface area (Å²) in [7, 11) is 0. The quantitative estimate of drug-likeness (QED) is 0.850. The summed E-state index contributed by atoms with van der Waals surface area (Å²) in [6.07, 6.45) is -0.0468. The van der Waals surface area contributed by atoms with Crippen molar-refractivity contribution in [2.24, 2.45) is 5.73 Å². The Morgan fingerprint density at radius 2 is 2.00 bits per heavy atom. The smallest absolute Gasteiger partial charge is 0.305 e. The second kappa shape index (κ2) is 4.55. The lowest BCUT2D eigenvalue weighted by molar-refractivity contribution is -0.137. The van der Waals surface area contributed by atoms with Crippen LogP contribution in [0.15, 0.2) is 36.4 Å². The second-order valence-electron chi connectivity index (χ2n) is 4.22. The summed E-state index contributed by atoms with van der Waals surface area (Å²) in [5.74, 6) is -0.871. The highest BCUT2D eigenvalue weighted by atomic mass is 16.4. The fourth-order valence-corrected chi connectivity index (χ4v) is 2.19. The van der Waals surface area contributed by atoms with Crippen molar-refractivity contribution in [1.29, 1.82) is 0 Å². The second-order valence-corrected chi connectivity index (χ2v) is 4.22. The number of hydrogen-bond acceptors (Lipinski definition) is 2. The molecule has 0 aliphatic carbocycles. The van der Waals surface area contributed by atoms with Crippen LogP contribution >= 0.6 is 0 Å². The summed E-state index contributed by atoms with van der Waals surface area (Å²) in [4.78, 5) is 10.8. The molecular formula is C14H15NO2. The Kier molecular flexibility index (Phi) is 3.11. The van der Waals surface area contributed by atoms with Crippen molar-refractivity contribution in [3.8, 4) is 0 Å². The van der Waals surface area contributed by atoms with Gasteiger partial charge in [0, 0.05) is 6.04 Å². The van der Waals surface area contributed by atoms with Gasteiger partial charge in [-0.05, 0) is 28.8 Å². The van der Waals surface area contributed by atoms with E-state index in [4.69, 9.17) is 10.8 Å². The minimum atomic E-state index is -0.871. The molecule has 3 nitrogen and oxygen atoms in total. The summed E-state index contributed by atoms with van der Waals surface area (Å²) in [5, 5.41) is 11.0. The summed E-state index contributed by atoms with van der Waals surface area (Å²) >= 11 is 0. The highest BCUT2D eigenvalue weighted by molar-refractivity contribution is 5.87. The monoisotopic (exact) mass is 229 g/mol. The molecular weight excluding hydrogens is 214 g/mol. The first-order chi connectivity index (χ1) is 8.09. The van der Waals surface area contributed by atoms with E-state index in [1.54, 1.807) is 0 Å². The third-order valence-electron chi connectivity index (χ3n) is 2.95. The maximum absolute atomic E-state index is 10.8. The number of carboxylic acid groups (broad SMARTS) is 1. The van der Waals surface area contributed by atoms with E-state index in [0.717, 1.165) is 21.9 Å². The molecule has 1 unspecified atom stereocenters. The number of aliphatic carboxylic acids is 1. The van der Waals surface area contributed by atoms with E-state index in [0.29, 0.717) is 0 Å². The van der Waals surface area contributed by atoms with Gasteiger partial charge in [0.15, 0.2) is 0 Å². The van der Waals surface area contributed by atoms with Crippen LogP contribution in [0.3, 0.4) is 0 Å². The van der Waals surface area contributed by atoms with Crippen LogP contribution in [0.1, 0.15) is 23.6 Å². The van der Waals surface area contributed by atoms with Crippen molar-refractivity contribution in [2.45, 2.75) is 19.4 Å². The Hall–Kier alpha value is -1.87. The topological polar surface area (TPSA) is 63.3 Å². The van der Waals surface area contributed by atoms with E-state index < -0.39 is 12.0 Å². The normalized spacial score (nSPS) is 12.6. The number of nitrogens with two attached hydrogens (primary N) is 1. The Bertz CT molecular complexity index is 563. The van der Waals surface area contributed by atoms with Crippen LogP contribution in [0.5, 0.6) is 0 Å². The molecule has 0 amide bonds. The molecule has 0 radical (unpaired) electrons. The molecule has 2 rings (SSSR count). The summed E-state index contributed by atoms with van der Waals surface area (Å²) < 4.78 is 0. The Morgan fingerprint density at radius 3 is 2.71 bits per heavy atom. The number of fused-ring (bicyclic) bond motifs is 1. The maximum Gasteiger partial charge on any atom is 0.305 e. The van der Waals surface area contributed by atoms with Crippen LogP contribution in [-0.2, 0) is 4.79 Å². The highest BCUT2D eigenvalue weighted by Crippen LogP contribution is 2.28. The van der Waals surface area contributed by atoms with Crippen LogP contribution in [-0.4, -0.2) is 11.1 Å². The molecule has 2 aromatic rings. The average molecular weight is 229 g/mol. The third kappa shape index (κ3) is 2.29. The van der Waals surface area contributed by atoms with Gasteiger partial charge in [0.05, 0.1) is 6.42 Å². The molecule has 17 heavy (non-hydrogen) atoms. The number of carboxylic acids is 1. The van der Waals surface area contributed by atoms with E-state index >= 15 is 0 Å². The van der Waals surface area contributed by atoms with Crippen LogP contribution < -0.4 is 5.73 Å². The number of aryl methyl sites for hydroxylation is 1. The van der Waals surface area contributed by atoms with Crippen molar-refractivity contribution >= 4 is 16.7 Å². The number of carbonyl (C=O) groups is 1. The van der Waals surface area contributed by atoms with Crippen molar-refractivity contribution in [3.63, 3.8) is 0 Å². The molecule has 0 heterocycles. The summed E-state index contributed by atoms with van der Waals surface area (Å²) in [6.45, 7) is 1.96. The van der Waals surface area contributed by atoms with Gasteiger partial charge in [0.2, 0.25) is 0 Å². The molecule has 0 spiro atoms. The zero-order valence-electron chi connectivity index (χ0n) is 9.68. The fourth-order valence-electron chi connectivity index (χ4n) is 2.19. The van der Waals surface area contributed by atoms with Crippen molar-refractivity contribution < 1.29 is 9.90 Å². The first kappa shape index (κ1) is 11.6. The SMILES string of the molecule is Cc1ccc2ccccc2c1C(N)CC(=O)O. The lowest BCUT2D eigenvalue weighted by atomic mass is 9.93. The van der Waals surface area contributed by atoms with E-state index in [2.05, 4.69) is 0 Å². The standard InChI is InChI=1S/C14H15NO2/c1-9-6-7-10-4-2-3-5-11(10)14(9)12(15)8-13(16)17/h2-7,12H,8,15H2,1H3,(H,16,17). The molecule has 88 valence electrons. The van der Waals surface area contributed by atoms with E-state index in [-0.39, 0.29) is 6.42 Å². The molecule has 0 fully saturated rings. The molecule has 0 aromatic heterocycles. The van der Waals surface area contributed by atoms with Crippen LogP contribution in [0.2, 0.25) is 0 Å². The molecule has 3 heteroatoms. The zero-order valence-corrected chi connectivity index (χ0v) is 9.68. The lowest BCUT2D eigenvalue weighted by Gasteiger charge is -2.15. The number of hydrogen-bond donors (Lipinski definition) is 2. The van der Waals surface area contributed by atoms with Gasteiger partial charge in [-0.1, -0.05) is 36.4 Å². The molecule has 0 saturated carbocycles. The van der Waals surface area contributed by atoms with Gasteiger partial charge < -0.3 is 10.8 Å². The van der Waals surface area contributed by atoms with E-state index in [9.17, 15) is 4.79 Å². The van der Waals surface area contributed by atoms with Crippen LogP contribution in [0.4, 0.5) is 0 Å². The Labute approximate surface area is 99.9 Å². The minimum Gasteiger partial charge on any atom is -0.481 e. The predicted octanol–water partition coefficient (Wildman–Crippen LogP) is 2.62. The third-order valence-corrected chi connectivity index (χ3v) is 2.95. The summed E-state index contributed by atoms with van der Waals surface area (Å²) in [5.41, 5.74) is 7.96. The van der Waals surface area contributed by atoms with Gasteiger partial charge in [-0.3, -0.25) is 4.79 Å². The minimum absolute atomic E-state index is 0.0468. The maximum atomic E-state index is 10.8. The highest BCUT2D eigenvalue weighted by Gasteiger charge is 2.15. The van der Waals surface area contributed by atoms with E-state index in [1.807, 2.05) is 43.3 Å². The first-order valence-electron chi connectivity index (χ1n) is 5.55. The Balaban J connectivity index is 2.58. The van der Waals surface area contributed by atoms with Crippen molar-refractivity contribution in [1.82, 2.24) is 0 Å². The fraction of sp³-hybridized carbons (Fsp3) is 0.214. The van der Waals surface area contributed by atoms with Gasteiger partial charge in [0.1, 0.15) is 0 Å². The molecule has 0 aliphatic heterocycles. The average Bonchev–Trinajstić information content (AvgIpc) is 2.27. The molecule has 2 aromatic carbocycles. The number of rotatable bonds is 3. The van der Waals surface area contributed by atoms with Gasteiger partial charge >= 0.3 is 5.97 Å². The largest absolute Gasteiger partial charge is 0.481 e. The van der Waals surface area contributed by atoms with Gasteiger partial charge in [-0.25, -0.2) is 0 Å². The van der Waals surface area contributed by atoms with Crippen molar-refractivity contribution in [2.75, 3.05) is 0 Å². The molecule has 1 atom stereocenters. The van der Waals surface area contributed by atoms with Gasteiger partial charge in [-0.15, -0.1) is 0 Å². The molecule has 0 aliphatic rings. The lowest BCUT2D eigenvalue weighted by Crippen LogP contribution is -2.16. The molecule has 0 bridgehead atoms. The van der Waals surface area contributed by atoms with Crippen molar-refractivity contribution in [3.05, 3.63) is 47.5 Å². The Morgan fingerprint density at radius 1 is 1.29 bits per heavy atom. The van der Waals surface area contributed by atoms with Gasteiger partial charge in [-0.2, -0.15) is 0 Å². The van der Waals surface area contributed by atoms with Gasteiger partial charge in [0.25, 0.3) is 0 Å². The zero-order chi connectivity index (χ0) is 12.4. The van der Waals surface area contributed by atoms with Crippen LogP contribution in [0.25, 0.3) is 10.8 Å². The van der Waals surface area contributed by atoms with E-state index in [1.165, 1.54) is 0 Å².